The van der Waals surface area contributed by atoms with Gasteiger partial charge in [0.1, 0.15) is 47.0 Å². The number of phosphoric ester groups is 1. The molecule has 14 N–H and O–H groups in total. The topological polar surface area (TPSA) is 411 Å². The van der Waals surface area contributed by atoms with Crippen LogP contribution in [0.3, 0.4) is 0 Å². The number of nitrogens with zero attached hydrogens (tertiary/aromatic N) is 1. The maximum absolute atomic E-state index is 14.3. The average Bonchev–Trinajstić information content (AvgIpc) is 3.61. The number of carbonyl (C=O) groups excluding carboxylic acids is 8. The molecular weight excluding hydrogens is 1090 g/mol. The Morgan fingerprint density at radius 1 is 0.802 bits per heavy atom. The van der Waals surface area contributed by atoms with E-state index in [0.717, 1.165) is 0 Å². The Hall–Kier alpha value is -8.38. The van der Waals surface area contributed by atoms with Gasteiger partial charge >= 0.3 is 7.82 Å². The van der Waals surface area contributed by atoms with Gasteiger partial charge in [0.2, 0.25) is 41.4 Å². The summed E-state index contributed by atoms with van der Waals surface area (Å²) in [5.74, 6) is -7.29. The van der Waals surface area contributed by atoms with Gasteiger partial charge in [0, 0.05) is 59.5 Å². The Kier molecular flexibility index (Phi) is 21.5. The van der Waals surface area contributed by atoms with Gasteiger partial charge in [-0.05, 0) is 122 Å². The van der Waals surface area contributed by atoms with E-state index in [1.165, 1.54) is 48.5 Å². The standard InChI is InChI=1S/C54H62N9O16PS/c1-28(2)19-41(53(73)63-43(26-64)49(56)69)60-47(68)25-58-52(72)40(17-18-46(55)67)61-54(74)42(20-29-5-12-35(13-6-29)79-80(75,76)77)62-50(70)31-7-3-30(4-8-31)24-57-51(71)39-21-32(59-27-81)9-14-36(39)48-37-15-10-33(65)22-44(37)78-45-23-34(66)11-16-38(45)48/h5-6,9-16,21-23,28,30-31,40-43,64-65H,3-4,7-8,17-20,24-26H2,1-2H3,(H2,55,67)(H2,56,69)(H,57,71)(H,58,72)(H,60,68)(H,61,74)(H,62,70)(H,63,73)(H2,75,76,77)/t30?,31?,40-,41-,42-,43-/m0/s1. The maximum Gasteiger partial charge on any atom is 0.524 e. The van der Waals surface area contributed by atoms with Crippen LogP contribution in [0.2, 0.25) is 0 Å². The summed E-state index contributed by atoms with van der Waals surface area (Å²) in [5.41, 5.74) is 13.1. The fourth-order valence-corrected chi connectivity index (χ4v) is 9.78. The van der Waals surface area contributed by atoms with Crippen molar-refractivity contribution < 1.29 is 71.9 Å². The number of thiocarbonyl (C=S) groups is 1. The van der Waals surface area contributed by atoms with Gasteiger partial charge in [0.05, 0.1) is 24.0 Å². The number of aromatic hydroxyl groups is 1. The van der Waals surface area contributed by atoms with Crippen molar-refractivity contribution in [3.05, 3.63) is 100 Å². The van der Waals surface area contributed by atoms with Crippen molar-refractivity contribution in [3.63, 3.8) is 0 Å². The first-order valence-corrected chi connectivity index (χ1v) is 27.6. The van der Waals surface area contributed by atoms with Crippen LogP contribution in [-0.2, 0) is 44.5 Å². The molecule has 0 aromatic heterocycles. The van der Waals surface area contributed by atoms with Crippen LogP contribution in [0.1, 0.15) is 74.7 Å². The summed E-state index contributed by atoms with van der Waals surface area (Å²) in [6.07, 6.45) is 0.707. The Labute approximate surface area is 468 Å². The van der Waals surface area contributed by atoms with Crippen molar-refractivity contribution >= 4 is 89.1 Å². The Balaban J connectivity index is 1.15. The molecule has 0 spiro atoms. The van der Waals surface area contributed by atoms with E-state index in [0.29, 0.717) is 59.0 Å². The number of carbonyl (C=O) groups is 8. The zero-order valence-corrected chi connectivity index (χ0v) is 45.7. The van der Waals surface area contributed by atoms with Crippen LogP contribution in [0.15, 0.2) is 93.1 Å². The third kappa shape index (κ3) is 17.8. The lowest BCUT2D eigenvalue weighted by Gasteiger charge is -2.30. The number of amides is 8. The number of nitrogens with two attached hydrogens (primary N) is 2. The number of fused-ring (bicyclic) bond motifs is 2. The molecule has 1 aliphatic heterocycles. The van der Waals surface area contributed by atoms with E-state index in [-0.39, 0.29) is 71.5 Å². The Bertz CT molecular complexity index is 3300. The van der Waals surface area contributed by atoms with Crippen molar-refractivity contribution in [1.29, 1.82) is 0 Å². The number of hydrogen-bond acceptors (Lipinski definition) is 16. The van der Waals surface area contributed by atoms with E-state index < -0.39 is 105 Å². The van der Waals surface area contributed by atoms with E-state index in [1.807, 2.05) is 0 Å². The fraction of sp³-hybridized carbons (Fsp3) is 0.370. The van der Waals surface area contributed by atoms with Gasteiger partial charge in [-0.2, -0.15) is 4.99 Å². The Morgan fingerprint density at radius 3 is 2.12 bits per heavy atom. The first kappa shape index (κ1) is 61.8. The van der Waals surface area contributed by atoms with Gasteiger partial charge in [-0.3, -0.25) is 52.9 Å². The van der Waals surface area contributed by atoms with Crippen molar-refractivity contribution in [1.82, 2.24) is 31.9 Å². The number of primary amides is 2. The van der Waals surface area contributed by atoms with Crippen LogP contribution < -0.4 is 53.3 Å². The van der Waals surface area contributed by atoms with Gasteiger partial charge in [-0.15, -0.1) is 0 Å². The third-order valence-electron chi connectivity index (χ3n) is 13.3. The average molecular weight is 1160 g/mol. The van der Waals surface area contributed by atoms with E-state index in [1.54, 1.807) is 44.2 Å². The van der Waals surface area contributed by atoms with Crippen LogP contribution in [0.5, 0.6) is 11.5 Å². The highest BCUT2D eigenvalue weighted by Crippen LogP contribution is 2.43. The number of phenolic OH excluding ortho intramolecular Hbond substituents is 1. The number of phosphoric acid groups is 1. The lowest BCUT2D eigenvalue weighted by molar-refractivity contribution is -0.134. The Morgan fingerprint density at radius 2 is 1.48 bits per heavy atom. The summed E-state index contributed by atoms with van der Waals surface area (Å²) in [5, 5.41) is 38.0. The third-order valence-corrected chi connectivity index (χ3v) is 13.8. The normalized spacial score (nSPS) is 15.7. The molecule has 430 valence electrons. The van der Waals surface area contributed by atoms with Crippen molar-refractivity contribution in [2.45, 2.75) is 89.4 Å². The predicted octanol–water partition coefficient (Wildman–Crippen LogP) is 2.10. The first-order chi connectivity index (χ1) is 38.4. The van der Waals surface area contributed by atoms with Crippen LogP contribution in [-0.4, -0.2) is 116 Å². The summed E-state index contributed by atoms with van der Waals surface area (Å²) in [6.45, 7) is 2.19. The second-order valence-electron chi connectivity index (χ2n) is 19.8. The molecule has 8 amide bonds. The molecule has 6 rings (SSSR count). The first-order valence-electron chi connectivity index (χ1n) is 25.6. The monoisotopic (exact) mass is 1160 g/mol. The summed E-state index contributed by atoms with van der Waals surface area (Å²) in [4.78, 5) is 141. The molecule has 81 heavy (non-hydrogen) atoms. The van der Waals surface area contributed by atoms with E-state index >= 15 is 0 Å². The van der Waals surface area contributed by atoms with Crippen LogP contribution >= 0.6 is 20.0 Å². The summed E-state index contributed by atoms with van der Waals surface area (Å²) < 4.78 is 22.1. The zero-order valence-electron chi connectivity index (χ0n) is 44.0. The SMILES string of the molecule is CC(C)C[C@H](NC(=O)CNC(=O)[C@H](CCC(N)=O)NC(=O)[C@H](Cc1ccc(OP(=O)(O)O)cc1)NC(=O)C1CCC(CNC(=O)c2cc(N=C=S)ccc2-c2c3ccc(=O)cc-3oc3cc(O)ccc23)CC1)C(=O)N[C@@H](CO)C(N)=O. The quantitative estimate of drug-likeness (QED) is 0.0163. The molecule has 0 bridgehead atoms. The molecule has 1 fully saturated rings. The molecule has 3 aromatic carbocycles. The minimum absolute atomic E-state index is 0.0771. The molecule has 0 saturated heterocycles. The molecule has 3 aliphatic rings. The molecule has 3 aromatic rings. The molecule has 2 aliphatic carbocycles. The van der Waals surface area contributed by atoms with E-state index in [2.05, 4.69) is 46.6 Å². The highest BCUT2D eigenvalue weighted by Gasteiger charge is 2.33. The maximum atomic E-state index is 14.3. The van der Waals surface area contributed by atoms with E-state index in [4.69, 9.17) is 28.1 Å². The molecule has 0 radical (unpaired) electrons. The number of benzene rings is 4. The molecule has 1 heterocycles. The summed E-state index contributed by atoms with van der Waals surface area (Å²) in [7, 11) is -4.93. The van der Waals surface area contributed by atoms with Crippen LogP contribution in [0, 0.1) is 17.8 Å². The number of isothiocyanates is 1. The van der Waals surface area contributed by atoms with Crippen molar-refractivity contribution in [3.8, 4) is 33.9 Å². The largest absolute Gasteiger partial charge is 0.524 e. The number of nitrogens with one attached hydrogen (secondary N) is 6. The predicted molar refractivity (Wildman–Crippen MR) is 296 cm³/mol. The van der Waals surface area contributed by atoms with Crippen LogP contribution in [0.4, 0.5) is 5.69 Å². The van der Waals surface area contributed by atoms with Gasteiger partial charge in [0.15, 0.2) is 5.43 Å². The van der Waals surface area contributed by atoms with Gasteiger partial charge in [0.25, 0.3) is 5.91 Å². The van der Waals surface area contributed by atoms with Crippen LogP contribution in [0.25, 0.3) is 33.4 Å². The number of phenols is 1. The summed E-state index contributed by atoms with van der Waals surface area (Å²) in [6, 6.07) is 13.4. The number of rotatable bonds is 26. The molecule has 0 unspecified atom stereocenters. The second-order valence-corrected chi connectivity index (χ2v) is 21.2. The summed E-state index contributed by atoms with van der Waals surface area (Å²) >= 11 is 4.85. The minimum atomic E-state index is -4.93. The number of aliphatic imine (C=N–C) groups is 1. The molecule has 1 saturated carbocycles. The lowest BCUT2D eigenvalue weighted by Crippen LogP contribution is -2.57. The lowest BCUT2D eigenvalue weighted by atomic mass is 9.81. The smallest absolute Gasteiger partial charge is 0.508 e. The highest BCUT2D eigenvalue weighted by atomic mass is 32.1. The highest BCUT2D eigenvalue weighted by molar-refractivity contribution is 7.78. The molecular formula is C54H62N9O16PS. The van der Waals surface area contributed by atoms with Gasteiger partial charge < -0.3 is 62.5 Å². The molecule has 27 heteroatoms. The number of hydrogen-bond donors (Lipinski definition) is 12. The molecule has 25 nitrogen and oxygen atoms in total. The molecule has 4 atom stereocenters. The zero-order chi connectivity index (χ0) is 59.1. The van der Waals surface area contributed by atoms with Gasteiger partial charge in [-0.25, -0.2) is 4.57 Å². The fourth-order valence-electron chi connectivity index (χ4n) is 9.27. The minimum Gasteiger partial charge on any atom is -0.508 e. The van der Waals surface area contributed by atoms with E-state index in [9.17, 15) is 67.7 Å². The van der Waals surface area contributed by atoms with Gasteiger partial charge in [-0.1, -0.05) is 32.0 Å². The number of aliphatic hydroxyl groups excluding tert-OH is 1. The van der Waals surface area contributed by atoms with Crippen molar-refractivity contribution in [2.75, 3.05) is 19.7 Å². The number of aliphatic hydroxyl groups is 1. The second kappa shape index (κ2) is 28.2. The van der Waals surface area contributed by atoms with Crippen molar-refractivity contribution in [2.24, 2.45) is 34.2 Å².